The van der Waals surface area contributed by atoms with Crippen molar-refractivity contribution in [2.24, 2.45) is 0 Å². The fraction of sp³-hybridized carbons (Fsp3) is 0.520. The van der Waals surface area contributed by atoms with E-state index in [0.29, 0.717) is 0 Å². The highest BCUT2D eigenvalue weighted by Crippen LogP contribution is 2.41. The van der Waals surface area contributed by atoms with E-state index in [9.17, 15) is 5.11 Å². The zero-order chi connectivity index (χ0) is 21.0. The van der Waals surface area contributed by atoms with Crippen LogP contribution in [0.4, 0.5) is 5.69 Å². The molecule has 4 rings (SSSR count). The molecule has 2 aliphatic rings. The molecule has 1 N–H and O–H groups in total. The molecule has 1 saturated heterocycles. The number of benzene rings is 2. The predicted molar refractivity (Wildman–Crippen MR) is 124 cm³/mol. The van der Waals surface area contributed by atoms with E-state index in [4.69, 9.17) is 16.3 Å². The average Bonchev–Trinajstić information content (AvgIpc) is 2.78. The van der Waals surface area contributed by atoms with E-state index < -0.39 is 5.60 Å². The Morgan fingerprint density at radius 1 is 1.00 bits per heavy atom. The lowest BCUT2D eigenvalue weighted by molar-refractivity contribution is -0.0313. The van der Waals surface area contributed by atoms with Gasteiger partial charge in [0.05, 0.1) is 12.7 Å². The van der Waals surface area contributed by atoms with Crippen molar-refractivity contribution in [1.82, 2.24) is 4.90 Å². The third-order valence-electron chi connectivity index (χ3n) is 6.85. The van der Waals surface area contributed by atoms with Crippen molar-refractivity contribution in [2.45, 2.75) is 43.6 Å². The maximum Gasteiger partial charge on any atom is 0.119 e. The molecule has 1 aliphatic carbocycles. The van der Waals surface area contributed by atoms with Gasteiger partial charge in [-0.15, -0.1) is 0 Å². The quantitative estimate of drug-likeness (QED) is 0.706. The first-order valence-corrected chi connectivity index (χ1v) is 11.5. The van der Waals surface area contributed by atoms with Crippen LogP contribution in [0.25, 0.3) is 0 Å². The molecule has 1 aliphatic heterocycles. The summed E-state index contributed by atoms with van der Waals surface area (Å²) in [6.07, 6.45) is 5.22. The van der Waals surface area contributed by atoms with Crippen LogP contribution in [0.15, 0.2) is 48.5 Å². The van der Waals surface area contributed by atoms with Crippen molar-refractivity contribution in [3.63, 3.8) is 0 Å². The van der Waals surface area contributed by atoms with Crippen LogP contribution < -0.4 is 9.64 Å². The topological polar surface area (TPSA) is 35.9 Å². The first-order chi connectivity index (χ1) is 14.6. The maximum absolute atomic E-state index is 11.6. The minimum atomic E-state index is -0.630. The minimum absolute atomic E-state index is 0.102. The lowest BCUT2D eigenvalue weighted by Crippen LogP contribution is -2.51. The number of ether oxygens (including phenoxy) is 1. The van der Waals surface area contributed by atoms with Gasteiger partial charge in [0.25, 0.3) is 0 Å². The Morgan fingerprint density at radius 3 is 2.43 bits per heavy atom. The second kappa shape index (κ2) is 9.59. The van der Waals surface area contributed by atoms with Crippen molar-refractivity contribution in [3.8, 4) is 5.75 Å². The largest absolute Gasteiger partial charge is 0.497 e. The molecule has 0 aromatic heterocycles. The van der Waals surface area contributed by atoms with Crippen LogP contribution in [0.3, 0.4) is 0 Å². The summed E-state index contributed by atoms with van der Waals surface area (Å²) in [6.45, 7) is 4.81. The minimum Gasteiger partial charge on any atom is -0.497 e. The first kappa shape index (κ1) is 21.5. The molecule has 0 bridgehead atoms. The molecule has 0 amide bonds. The number of nitrogens with zero attached hydrogens (tertiary/aromatic N) is 2. The summed E-state index contributed by atoms with van der Waals surface area (Å²) < 4.78 is 5.48. The number of aliphatic hydroxyl groups is 1. The SMILES string of the molecule is COc1cccc(C(CN2CCN(c3cccc(Cl)c3)CC2)C2(O)CCCCC2)c1. The highest BCUT2D eigenvalue weighted by Gasteiger charge is 2.40. The molecule has 30 heavy (non-hydrogen) atoms. The van der Waals surface area contributed by atoms with Crippen LogP contribution >= 0.6 is 11.6 Å². The maximum atomic E-state index is 11.6. The Hall–Kier alpha value is -1.75. The van der Waals surface area contributed by atoms with Gasteiger partial charge in [-0.3, -0.25) is 4.90 Å². The molecule has 5 heteroatoms. The number of halogens is 1. The fourth-order valence-corrected chi connectivity index (χ4v) is 5.26. The van der Waals surface area contributed by atoms with E-state index in [-0.39, 0.29) is 5.92 Å². The highest BCUT2D eigenvalue weighted by molar-refractivity contribution is 6.30. The summed E-state index contributed by atoms with van der Waals surface area (Å²) in [5.74, 6) is 0.966. The molecule has 0 spiro atoms. The highest BCUT2D eigenvalue weighted by atomic mass is 35.5. The van der Waals surface area contributed by atoms with Crippen LogP contribution in [0, 0.1) is 0 Å². The number of anilines is 1. The molecule has 1 heterocycles. The van der Waals surface area contributed by atoms with Gasteiger partial charge in [-0.25, -0.2) is 0 Å². The second-order valence-electron chi connectivity index (χ2n) is 8.76. The number of hydrogen-bond donors (Lipinski definition) is 1. The number of piperazine rings is 1. The lowest BCUT2D eigenvalue weighted by Gasteiger charge is -2.44. The molecular weight excluding hydrogens is 396 g/mol. The van der Waals surface area contributed by atoms with E-state index in [0.717, 1.165) is 69.2 Å². The molecule has 4 nitrogen and oxygen atoms in total. The van der Waals surface area contributed by atoms with Gasteiger partial charge < -0.3 is 14.7 Å². The third-order valence-corrected chi connectivity index (χ3v) is 7.09. The zero-order valence-corrected chi connectivity index (χ0v) is 18.7. The van der Waals surface area contributed by atoms with Gasteiger partial charge in [-0.1, -0.05) is 49.1 Å². The van der Waals surface area contributed by atoms with E-state index in [2.05, 4.69) is 28.0 Å². The zero-order valence-electron chi connectivity index (χ0n) is 17.9. The van der Waals surface area contributed by atoms with Crippen LogP contribution in [-0.4, -0.2) is 55.4 Å². The number of rotatable bonds is 6. The lowest BCUT2D eigenvalue weighted by atomic mass is 9.72. The Balaban J connectivity index is 1.48. The van der Waals surface area contributed by atoms with Gasteiger partial charge in [0, 0.05) is 49.4 Å². The van der Waals surface area contributed by atoms with Crippen LogP contribution in [-0.2, 0) is 0 Å². The van der Waals surface area contributed by atoms with Gasteiger partial charge in [0.1, 0.15) is 5.75 Å². The third kappa shape index (κ3) is 4.93. The Bertz CT molecular complexity index is 829. The second-order valence-corrected chi connectivity index (χ2v) is 9.20. The van der Waals surface area contributed by atoms with Crippen molar-refractivity contribution in [3.05, 3.63) is 59.1 Å². The molecule has 2 aromatic rings. The first-order valence-electron chi connectivity index (χ1n) is 11.2. The van der Waals surface area contributed by atoms with Gasteiger partial charge in [0.15, 0.2) is 0 Å². The summed E-state index contributed by atoms with van der Waals surface area (Å²) in [4.78, 5) is 4.91. The Morgan fingerprint density at radius 2 is 1.73 bits per heavy atom. The Kier molecular flexibility index (Phi) is 6.87. The molecule has 2 aromatic carbocycles. The summed E-state index contributed by atoms with van der Waals surface area (Å²) in [7, 11) is 1.71. The van der Waals surface area contributed by atoms with Crippen molar-refractivity contribution in [2.75, 3.05) is 44.7 Å². The predicted octanol–water partition coefficient (Wildman–Crippen LogP) is 4.95. The van der Waals surface area contributed by atoms with Gasteiger partial charge >= 0.3 is 0 Å². The number of methoxy groups -OCH3 is 1. The van der Waals surface area contributed by atoms with E-state index in [1.54, 1.807) is 7.11 Å². The van der Waals surface area contributed by atoms with Gasteiger partial charge in [-0.2, -0.15) is 0 Å². The fourth-order valence-electron chi connectivity index (χ4n) is 5.08. The standard InChI is InChI=1S/C25H33ClN2O2/c1-30-23-10-5-7-20(17-23)24(25(29)11-3-2-4-12-25)19-27-13-15-28(16-14-27)22-9-6-8-21(26)18-22/h5-10,17-18,24,29H,2-4,11-16,19H2,1H3. The summed E-state index contributed by atoms with van der Waals surface area (Å²) in [5, 5.41) is 12.4. The van der Waals surface area contributed by atoms with Crippen molar-refractivity contribution >= 4 is 17.3 Å². The Labute approximate surface area is 185 Å². The number of hydrogen-bond acceptors (Lipinski definition) is 4. The summed E-state index contributed by atoms with van der Waals surface area (Å²) in [5.41, 5.74) is 1.75. The van der Waals surface area contributed by atoms with E-state index in [1.807, 2.05) is 30.3 Å². The van der Waals surface area contributed by atoms with E-state index in [1.165, 1.54) is 17.7 Å². The summed E-state index contributed by atoms with van der Waals surface area (Å²) >= 11 is 6.18. The van der Waals surface area contributed by atoms with E-state index >= 15 is 0 Å². The van der Waals surface area contributed by atoms with Crippen molar-refractivity contribution < 1.29 is 9.84 Å². The molecule has 2 fully saturated rings. The monoisotopic (exact) mass is 428 g/mol. The van der Waals surface area contributed by atoms with Crippen LogP contribution in [0.5, 0.6) is 5.75 Å². The molecule has 1 unspecified atom stereocenters. The molecular formula is C25H33ClN2O2. The molecule has 0 radical (unpaired) electrons. The van der Waals surface area contributed by atoms with Crippen LogP contribution in [0.1, 0.15) is 43.6 Å². The van der Waals surface area contributed by atoms with Crippen LogP contribution in [0.2, 0.25) is 5.02 Å². The average molecular weight is 429 g/mol. The molecule has 1 atom stereocenters. The molecule has 1 saturated carbocycles. The smallest absolute Gasteiger partial charge is 0.119 e. The van der Waals surface area contributed by atoms with Gasteiger partial charge in [0.2, 0.25) is 0 Å². The van der Waals surface area contributed by atoms with Crippen molar-refractivity contribution in [1.29, 1.82) is 0 Å². The van der Waals surface area contributed by atoms with Gasteiger partial charge in [-0.05, 0) is 48.7 Å². The molecule has 162 valence electrons. The normalized spacial score (nSPS) is 20.7. The summed E-state index contributed by atoms with van der Waals surface area (Å²) in [6, 6.07) is 16.4.